The van der Waals surface area contributed by atoms with Gasteiger partial charge in [-0.25, -0.2) is 0 Å². The topological polar surface area (TPSA) is 0 Å². The van der Waals surface area contributed by atoms with Gasteiger partial charge in [0.25, 0.3) is 0 Å². The first kappa shape index (κ1) is 66.5. The van der Waals surface area contributed by atoms with Crippen molar-refractivity contribution >= 4 is 8.41 Å². The maximum absolute atomic E-state index is 2.12. The third-order valence-corrected chi connectivity index (χ3v) is 0. The molecule has 64 valence electrons. The molecule has 0 unspecified atom stereocenters. The summed E-state index contributed by atoms with van der Waals surface area (Å²) in [6.45, 7) is 8.25. The Morgan fingerprint density at radius 2 is 0.900 bits per heavy atom. The Bertz CT molecular complexity index is 9.22. The molecule has 0 nitrogen and oxygen atoms in total. The third-order valence-electron chi connectivity index (χ3n) is 0. The smallest absolute Gasteiger partial charge is 0 e. The zero-order valence-corrected chi connectivity index (χ0v) is 10.7. The molecule has 2 heteroatoms. The zero-order chi connectivity index (χ0) is 4.71. The van der Waals surface area contributed by atoms with Gasteiger partial charge in [-0.3, -0.25) is 0 Å². The van der Waals surface area contributed by atoms with Gasteiger partial charge >= 0.3 is 0 Å². The summed E-state index contributed by atoms with van der Waals surface area (Å²) in [6, 6.07) is 0. The second-order valence-corrected chi connectivity index (χ2v) is 0.707. The van der Waals surface area contributed by atoms with Crippen LogP contribution in [0.1, 0.15) is 41.5 Å². The summed E-state index contributed by atoms with van der Waals surface area (Å²) < 4.78 is 0. The Balaban J connectivity index is -0.00000000246. The average molecular weight is 220 g/mol. The van der Waals surface area contributed by atoms with Crippen molar-refractivity contribution in [3.63, 3.8) is 0 Å². The molecule has 0 rings (SSSR count). The predicted octanol–water partition coefficient (Wildman–Crippen LogP) is 3.60. The van der Waals surface area contributed by atoms with Gasteiger partial charge < -0.3 is 14.9 Å². The number of hydrogen-bond donors (Lipinski definition) is 0. The molecule has 0 N–H and O–H groups in total. The van der Waals surface area contributed by atoms with E-state index in [2.05, 4.69) is 13.8 Å². The van der Waals surface area contributed by atoms with Crippen LogP contribution in [-0.2, 0) is 32.7 Å². The van der Waals surface area contributed by atoms with Gasteiger partial charge in [-0.05, 0) is 0 Å². The first-order valence-electron chi connectivity index (χ1n) is 2.41. The molecule has 0 fully saturated rings. The van der Waals surface area contributed by atoms with Crippen LogP contribution in [0.25, 0.3) is 0 Å². The predicted molar refractivity (Wildman–Crippen MR) is 52.6 cm³/mol. The minimum absolute atomic E-state index is 0. The third kappa shape index (κ3) is 448. The quantitative estimate of drug-likeness (QED) is 0.432. The van der Waals surface area contributed by atoms with Gasteiger partial charge in [0.05, 0.1) is 0 Å². The maximum atomic E-state index is 2.12. The summed E-state index contributed by atoms with van der Waals surface area (Å²) in [5.41, 5.74) is 0. The van der Waals surface area contributed by atoms with E-state index in [4.69, 9.17) is 0 Å². The summed E-state index contributed by atoms with van der Waals surface area (Å²) in [6.07, 6.45) is 1.25. The molecule has 4 radical (unpaired) electrons. The molecular formula is C8H24BY-2. The van der Waals surface area contributed by atoms with Crippen molar-refractivity contribution < 1.29 is 32.7 Å². The molecule has 0 atom stereocenters. The molecule has 0 aromatic heterocycles. The zero-order valence-electron chi connectivity index (χ0n) is 7.86. The SMILES string of the molecule is C.CC.CCC.[B].[CH3-].[CH3-].[Y]. The first-order valence-corrected chi connectivity index (χ1v) is 2.41. The molecule has 0 aromatic carbocycles. The van der Waals surface area contributed by atoms with Gasteiger partial charge in [0.15, 0.2) is 0 Å². The molecule has 0 heterocycles. The van der Waals surface area contributed by atoms with Crippen molar-refractivity contribution in [1.82, 2.24) is 0 Å². The van der Waals surface area contributed by atoms with Crippen LogP contribution in [0.3, 0.4) is 0 Å². The van der Waals surface area contributed by atoms with Crippen molar-refractivity contribution in [2.45, 2.75) is 41.5 Å². The molecular weight excluding hydrogens is 196 g/mol. The van der Waals surface area contributed by atoms with Crippen LogP contribution in [0, 0.1) is 14.9 Å². The average Bonchev–Trinajstić information content (AvgIpc) is 1.46. The van der Waals surface area contributed by atoms with Crippen LogP contribution in [-0.4, -0.2) is 8.41 Å². The van der Waals surface area contributed by atoms with Crippen LogP contribution in [0.5, 0.6) is 0 Å². The molecule has 0 aliphatic rings. The Kier molecular flexibility index (Phi) is 1210. The van der Waals surface area contributed by atoms with E-state index in [1.807, 2.05) is 13.8 Å². The van der Waals surface area contributed by atoms with Gasteiger partial charge in [0.1, 0.15) is 0 Å². The fourth-order valence-electron chi connectivity index (χ4n) is 0. The summed E-state index contributed by atoms with van der Waals surface area (Å²) in [5, 5.41) is 0. The van der Waals surface area contributed by atoms with Crippen LogP contribution < -0.4 is 0 Å². The summed E-state index contributed by atoms with van der Waals surface area (Å²) >= 11 is 0. The van der Waals surface area contributed by atoms with Gasteiger partial charge in [-0.15, -0.1) is 0 Å². The molecule has 0 aliphatic carbocycles. The molecule has 0 aliphatic heterocycles. The molecule has 0 aromatic rings. The summed E-state index contributed by atoms with van der Waals surface area (Å²) in [7, 11) is 0. The van der Waals surface area contributed by atoms with Crippen molar-refractivity contribution in [1.29, 1.82) is 0 Å². The minimum Gasteiger partial charge on any atom is -0.358 e. The summed E-state index contributed by atoms with van der Waals surface area (Å²) in [5.74, 6) is 0. The van der Waals surface area contributed by atoms with E-state index in [0.717, 1.165) is 0 Å². The molecule has 0 amide bonds. The van der Waals surface area contributed by atoms with Crippen LogP contribution in [0.4, 0.5) is 0 Å². The van der Waals surface area contributed by atoms with Crippen molar-refractivity contribution in [2.24, 2.45) is 0 Å². The monoisotopic (exact) mass is 220 g/mol. The van der Waals surface area contributed by atoms with Gasteiger partial charge in [0, 0.05) is 41.1 Å². The van der Waals surface area contributed by atoms with E-state index in [1.165, 1.54) is 6.42 Å². The Morgan fingerprint density at radius 3 is 0.900 bits per heavy atom. The molecule has 10 heavy (non-hydrogen) atoms. The number of hydrogen-bond acceptors (Lipinski definition) is 0. The normalized spacial score (nSPS) is 2.40. The standard InChI is InChI=1S/C3H8.C2H6.CH4.2CH3.B.Y/c1-3-2;1-2;;;;;/h3H2,1-2H3;1-2H3;1H4;2*1H3;;/q;;;2*-1;;. The van der Waals surface area contributed by atoms with E-state index in [9.17, 15) is 0 Å². The van der Waals surface area contributed by atoms with Crippen LogP contribution in [0.2, 0.25) is 0 Å². The van der Waals surface area contributed by atoms with E-state index >= 15 is 0 Å². The van der Waals surface area contributed by atoms with Crippen LogP contribution >= 0.6 is 0 Å². The second-order valence-electron chi connectivity index (χ2n) is 0.707. The molecule has 0 saturated heterocycles. The van der Waals surface area contributed by atoms with Crippen molar-refractivity contribution in [3.05, 3.63) is 14.9 Å². The molecule has 0 saturated carbocycles. The van der Waals surface area contributed by atoms with E-state index in [1.54, 1.807) is 0 Å². The fraction of sp³-hybridized carbons (Fsp3) is 0.750. The molecule has 0 bridgehead atoms. The largest absolute Gasteiger partial charge is 0.358 e. The Morgan fingerprint density at radius 1 is 0.900 bits per heavy atom. The second kappa shape index (κ2) is 182. The van der Waals surface area contributed by atoms with Gasteiger partial charge in [0.2, 0.25) is 0 Å². The summed E-state index contributed by atoms with van der Waals surface area (Å²) in [4.78, 5) is 0. The van der Waals surface area contributed by atoms with Gasteiger partial charge in [-0.1, -0.05) is 41.5 Å². The molecule has 0 spiro atoms. The fourth-order valence-corrected chi connectivity index (χ4v) is 0. The minimum atomic E-state index is 0. The van der Waals surface area contributed by atoms with Crippen LogP contribution in [0.15, 0.2) is 0 Å². The maximum Gasteiger partial charge on any atom is 0 e. The number of rotatable bonds is 0. The van der Waals surface area contributed by atoms with E-state index in [-0.39, 0.29) is 63.4 Å². The Labute approximate surface area is 97.0 Å². The van der Waals surface area contributed by atoms with Crippen molar-refractivity contribution in [2.75, 3.05) is 0 Å². The van der Waals surface area contributed by atoms with Gasteiger partial charge in [-0.2, -0.15) is 0 Å². The van der Waals surface area contributed by atoms with Crippen molar-refractivity contribution in [3.8, 4) is 0 Å². The Hall–Kier alpha value is 1.17. The first-order chi connectivity index (χ1) is 2.41. The van der Waals surface area contributed by atoms with E-state index < -0.39 is 0 Å². The van der Waals surface area contributed by atoms with E-state index in [0.29, 0.717) is 0 Å².